The molecule has 0 atom stereocenters. The van der Waals surface area contributed by atoms with Crippen molar-refractivity contribution in [2.45, 2.75) is 6.92 Å². The van der Waals surface area contributed by atoms with Crippen molar-refractivity contribution in [3.8, 4) is 5.75 Å². The molecule has 0 bridgehead atoms. The van der Waals surface area contributed by atoms with E-state index in [4.69, 9.17) is 9.47 Å². The lowest BCUT2D eigenvalue weighted by Crippen LogP contribution is -2.05. The van der Waals surface area contributed by atoms with Gasteiger partial charge in [-0.1, -0.05) is 48.0 Å². The topological polar surface area (TPSA) is 47.9 Å². The largest absolute Gasteiger partial charge is 0.496 e. The monoisotopic (exact) mass is 319 g/mol. The van der Waals surface area contributed by atoms with Gasteiger partial charge in [-0.2, -0.15) is 0 Å². The van der Waals surface area contributed by atoms with Crippen LogP contribution in [0.3, 0.4) is 0 Å². The summed E-state index contributed by atoms with van der Waals surface area (Å²) in [7, 11) is 1.62. The number of benzene rings is 2. The van der Waals surface area contributed by atoms with E-state index in [0.717, 1.165) is 22.4 Å². The van der Waals surface area contributed by atoms with E-state index in [1.54, 1.807) is 19.3 Å². The minimum absolute atomic E-state index is 0.275. The maximum Gasteiger partial charge on any atom is 0.363 e. The number of carbonyl (C=O) groups excluding carboxylic acids is 1. The quantitative estimate of drug-likeness (QED) is 0.634. The third kappa shape index (κ3) is 3.43. The van der Waals surface area contributed by atoms with Crippen LogP contribution in [0.15, 0.2) is 71.4 Å². The van der Waals surface area contributed by atoms with E-state index in [1.165, 1.54) is 0 Å². The van der Waals surface area contributed by atoms with Gasteiger partial charge in [0.1, 0.15) is 5.75 Å². The van der Waals surface area contributed by atoms with E-state index in [-0.39, 0.29) is 5.70 Å². The highest BCUT2D eigenvalue weighted by atomic mass is 16.6. The van der Waals surface area contributed by atoms with Crippen LogP contribution in [-0.4, -0.2) is 19.0 Å². The number of para-hydroxylation sites is 1. The summed E-state index contributed by atoms with van der Waals surface area (Å²) in [6.45, 7) is 2.00. The molecule has 2 aromatic carbocycles. The van der Waals surface area contributed by atoms with Crippen LogP contribution in [0.2, 0.25) is 0 Å². The molecule has 24 heavy (non-hydrogen) atoms. The molecule has 0 N–H and O–H groups in total. The highest BCUT2D eigenvalue weighted by Crippen LogP contribution is 2.20. The summed E-state index contributed by atoms with van der Waals surface area (Å²) in [5, 5.41) is 0. The summed E-state index contributed by atoms with van der Waals surface area (Å²) in [6.07, 6.45) is 5.25. The first kappa shape index (κ1) is 15.7. The Bertz CT molecular complexity index is 845. The van der Waals surface area contributed by atoms with Crippen LogP contribution in [0, 0.1) is 6.92 Å². The molecule has 0 aromatic heterocycles. The molecule has 1 aliphatic rings. The van der Waals surface area contributed by atoms with Gasteiger partial charge in [0.2, 0.25) is 5.90 Å². The highest BCUT2D eigenvalue weighted by Gasteiger charge is 2.23. The number of methoxy groups -OCH3 is 1. The zero-order valence-electron chi connectivity index (χ0n) is 13.5. The van der Waals surface area contributed by atoms with Crippen molar-refractivity contribution in [3.63, 3.8) is 0 Å². The Labute approximate surface area is 140 Å². The number of hydrogen-bond donors (Lipinski definition) is 0. The SMILES string of the molecule is COc1ccccc1C=CC=C1N=C(c2ccc(C)cc2)OC1=O. The third-order valence-electron chi connectivity index (χ3n) is 3.59. The van der Waals surface area contributed by atoms with Crippen LogP contribution in [-0.2, 0) is 9.53 Å². The number of nitrogens with zero attached hydrogens (tertiary/aromatic N) is 1. The Hall–Kier alpha value is -3.14. The van der Waals surface area contributed by atoms with E-state index in [0.29, 0.717) is 5.90 Å². The predicted molar refractivity (Wildman–Crippen MR) is 93.9 cm³/mol. The lowest BCUT2D eigenvalue weighted by molar-refractivity contribution is -0.130. The van der Waals surface area contributed by atoms with E-state index in [2.05, 4.69) is 4.99 Å². The first-order valence-corrected chi connectivity index (χ1v) is 7.56. The van der Waals surface area contributed by atoms with Crippen LogP contribution in [0.5, 0.6) is 5.75 Å². The number of allylic oxidation sites excluding steroid dienone is 2. The fraction of sp³-hybridized carbons (Fsp3) is 0.100. The molecule has 1 aliphatic heterocycles. The smallest absolute Gasteiger partial charge is 0.363 e. The van der Waals surface area contributed by atoms with E-state index in [9.17, 15) is 4.79 Å². The number of aliphatic imine (C=N–C) groups is 1. The standard InChI is InChI=1S/C20H17NO3/c1-14-10-12-16(13-11-14)19-21-17(20(22)24-19)8-5-7-15-6-3-4-9-18(15)23-2/h3-13H,1-2H3. The van der Waals surface area contributed by atoms with Gasteiger partial charge >= 0.3 is 5.97 Å². The fourth-order valence-electron chi connectivity index (χ4n) is 2.29. The number of carbonyl (C=O) groups is 1. The summed E-state index contributed by atoms with van der Waals surface area (Å²) in [4.78, 5) is 16.2. The molecule has 4 heteroatoms. The molecule has 4 nitrogen and oxygen atoms in total. The van der Waals surface area contributed by atoms with Gasteiger partial charge in [0.15, 0.2) is 5.70 Å². The van der Waals surface area contributed by atoms with E-state index < -0.39 is 5.97 Å². The van der Waals surface area contributed by atoms with Crippen LogP contribution < -0.4 is 4.74 Å². The first-order chi connectivity index (χ1) is 11.7. The van der Waals surface area contributed by atoms with E-state index >= 15 is 0 Å². The molecule has 0 saturated carbocycles. The van der Waals surface area contributed by atoms with Crippen molar-refractivity contribution in [1.29, 1.82) is 0 Å². The number of rotatable bonds is 4. The second-order valence-corrected chi connectivity index (χ2v) is 5.33. The normalized spacial score (nSPS) is 15.7. The fourth-order valence-corrected chi connectivity index (χ4v) is 2.29. The molecule has 2 aromatic rings. The molecule has 1 heterocycles. The van der Waals surface area contributed by atoms with Crippen LogP contribution in [0.4, 0.5) is 0 Å². The zero-order chi connectivity index (χ0) is 16.9. The second kappa shape index (κ2) is 6.96. The zero-order valence-corrected chi connectivity index (χ0v) is 13.5. The summed E-state index contributed by atoms with van der Waals surface area (Å²) in [5.41, 5.74) is 3.12. The van der Waals surface area contributed by atoms with Gasteiger partial charge in [0.05, 0.1) is 7.11 Å². The lowest BCUT2D eigenvalue weighted by Gasteiger charge is -2.02. The Kier molecular flexibility index (Phi) is 4.57. The van der Waals surface area contributed by atoms with Crippen molar-refractivity contribution in [2.75, 3.05) is 7.11 Å². The van der Waals surface area contributed by atoms with Crippen molar-refractivity contribution in [2.24, 2.45) is 4.99 Å². The molecule has 0 radical (unpaired) electrons. The minimum Gasteiger partial charge on any atom is -0.496 e. The highest BCUT2D eigenvalue weighted by molar-refractivity contribution is 6.11. The molecule has 0 fully saturated rings. The summed E-state index contributed by atoms with van der Waals surface area (Å²) >= 11 is 0. The molecule has 3 rings (SSSR count). The van der Waals surface area contributed by atoms with Gasteiger partial charge in [-0.05, 0) is 31.2 Å². The Balaban J connectivity index is 1.81. The van der Waals surface area contributed by atoms with Crippen LogP contribution in [0.25, 0.3) is 6.08 Å². The molecular weight excluding hydrogens is 302 g/mol. The van der Waals surface area contributed by atoms with Gasteiger partial charge in [0.25, 0.3) is 0 Å². The summed E-state index contributed by atoms with van der Waals surface area (Å²) in [5.74, 6) is 0.650. The summed E-state index contributed by atoms with van der Waals surface area (Å²) in [6, 6.07) is 15.3. The Morgan fingerprint density at radius 3 is 2.58 bits per heavy atom. The van der Waals surface area contributed by atoms with Crippen molar-refractivity contribution < 1.29 is 14.3 Å². The van der Waals surface area contributed by atoms with Gasteiger partial charge in [-0.15, -0.1) is 0 Å². The van der Waals surface area contributed by atoms with Gasteiger partial charge in [-0.3, -0.25) is 0 Å². The average Bonchev–Trinajstić information content (AvgIpc) is 2.97. The van der Waals surface area contributed by atoms with Crippen LogP contribution >= 0.6 is 0 Å². The molecule has 0 amide bonds. The van der Waals surface area contributed by atoms with Crippen LogP contribution in [0.1, 0.15) is 16.7 Å². The molecule has 120 valence electrons. The van der Waals surface area contributed by atoms with Crippen molar-refractivity contribution >= 4 is 17.9 Å². The number of esters is 1. The first-order valence-electron chi connectivity index (χ1n) is 7.56. The third-order valence-corrected chi connectivity index (χ3v) is 3.59. The number of cyclic esters (lactones) is 1. The Morgan fingerprint density at radius 2 is 1.83 bits per heavy atom. The predicted octanol–water partition coefficient (Wildman–Crippen LogP) is 3.90. The van der Waals surface area contributed by atoms with Crippen molar-refractivity contribution in [3.05, 3.63) is 83.1 Å². The number of aryl methyl sites for hydroxylation is 1. The number of hydrogen-bond acceptors (Lipinski definition) is 4. The summed E-state index contributed by atoms with van der Waals surface area (Å²) < 4.78 is 10.5. The number of ether oxygens (including phenoxy) is 2. The molecule has 0 saturated heterocycles. The molecule has 0 unspecified atom stereocenters. The van der Waals surface area contributed by atoms with Gasteiger partial charge in [0, 0.05) is 11.1 Å². The average molecular weight is 319 g/mol. The lowest BCUT2D eigenvalue weighted by atomic mass is 10.1. The van der Waals surface area contributed by atoms with E-state index in [1.807, 2.05) is 61.5 Å². The second-order valence-electron chi connectivity index (χ2n) is 5.33. The van der Waals surface area contributed by atoms with Gasteiger partial charge < -0.3 is 9.47 Å². The van der Waals surface area contributed by atoms with Crippen molar-refractivity contribution in [1.82, 2.24) is 0 Å². The molecule has 0 aliphatic carbocycles. The maximum absolute atomic E-state index is 11.9. The maximum atomic E-state index is 11.9. The van der Waals surface area contributed by atoms with Gasteiger partial charge in [-0.25, -0.2) is 9.79 Å². The molecular formula is C20H17NO3. The molecule has 0 spiro atoms. The minimum atomic E-state index is -0.449. The Morgan fingerprint density at radius 1 is 1.08 bits per heavy atom.